The Morgan fingerprint density at radius 2 is 2.50 bits per heavy atom. The van der Waals surface area contributed by atoms with Crippen LogP contribution in [0.2, 0.25) is 0 Å². The summed E-state index contributed by atoms with van der Waals surface area (Å²) < 4.78 is 0. The number of carbonyl (C=O) groups excluding carboxylic acids is 1. The normalized spacial score (nSPS) is 21.8. The topological polar surface area (TPSA) is 40.5 Å². The van der Waals surface area contributed by atoms with Gasteiger partial charge in [0.1, 0.15) is 0 Å². The third-order valence-electron chi connectivity index (χ3n) is 1.91. The summed E-state index contributed by atoms with van der Waals surface area (Å²) in [5, 5.41) is 8.72. The van der Waals surface area contributed by atoms with E-state index in [2.05, 4.69) is 0 Å². The molecule has 10 heavy (non-hydrogen) atoms. The molecule has 1 N–H and O–H groups in total. The van der Waals surface area contributed by atoms with Gasteiger partial charge in [0.05, 0.1) is 12.6 Å². The van der Waals surface area contributed by atoms with Gasteiger partial charge < -0.3 is 10.0 Å². The maximum Gasteiger partial charge on any atom is 0.222 e. The van der Waals surface area contributed by atoms with Crippen molar-refractivity contribution in [3.63, 3.8) is 0 Å². The molecule has 3 heteroatoms. The number of hydrogen-bond acceptors (Lipinski definition) is 2. The van der Waals surface area contributed by atoms with Crippen LogP contribution in [0.5, 0.6) is 0 Å². The Hall–Kier alpha value is -0.570. The molecule has 3 nitrogen and oxygen atoms in total. The van der Waals surface area contributed by atoms with E-state index in [1.165, 1.54) is 0 Å². The van der Waals surface area contributed by atoms with Crippen LogP contribution < -0.4 is 0 Å². The average Bonchev–Trinajstić information content (AvgIpc) is 2.34. The van der Waals surface area contributed by atoms with Crippen LogP contribution >= 0.6 is 0 Å². The highest BCUT2D eigenvalue weighted by molar-refractivity contribution is 5.78. The van der Waals surface area contributed by atoms with Crippen LogP contribution in [0, 0.1) is 0 Å². The van der Waals surface area contributed by atoms with Crippen molar-refractivity contribution in [1.29, 1.82) is 0 Å². The molecule has 1 heterocycles. The van der Waals surface area contributed by atoms with Crippen LogP contribution in [0.15, 0.2) is 0 Å². The second kappa shape index (κ2) is 3.01. The van der Waals surface area contributed by atoms with Gasteiger partial charge in [-0.1, -0.05) is 0 Å². The van der Waals surface area contributed by atoms with E-state index < -0.39 is 0 Å². The zero-order valence-electron chi connectivity index (χ0n) is 6.21. The molecule has 0 aromatic carbocycles. The monoisotopic (exact) mass is 143 g/mol. The minimum absolute atomic E-state index is 0.00926. The second-order valence-electron chi connectivity index (χ2n) is 2.72. The van der Waals surface area contributed by atoms with E-state index >= 15 is 0 Å². The first-order chi connectivity index (χ1) is 4.75. The van der Waals surface area contributed by atoms with Gasteiger partial charge in [-0.2, -0.15) is 0 Å². The van der Waals surface area contributed by atoms with Gasteiger partial charge >= 0.3 is 0 Å². The molecular formula is C7H13NO2. The number of nitrogens with zero attached hydrogens (tertiary/aromatic N) is 1. The number of carbonyl (C=O) groups is 1. The summed E-state index contributed by atoms with van der Waals surface area (Å²) in [5.41, 5.74) is 0. The number of aliphatic hydroxyl groups excluding tert-OH is 1. The van der Waals surface area contributed by atoms with E-state index in [-0.39, 0.29) is 18.6 Å². The highest BCUT2D eigenvalue weighted by atomic mass is 16.3. The molecule has 58 valence electrons. The lowest BCUT2D eigenvalue weighted by Gasteiger charge is -2.21. The van der Waals surface area contributed by atoms with E-state index in [0.717, 1.165) is 13.0 Å². The molecule has 1 rings (SSSR count). The molecule has 0 saturated carbocycles. The fourth-order valence-corrected chi connectivity index (χ4v) is 1.23. The molecule has 0 bridgehead atoms. The Balaban J connectivity index is 2.46. The summed E-state index contributed by atoms with van der Waals surface area (Å²) in [6, 6.07) is 0.00926. The smallest absolute Gasteiger partial charge is 0.222 e. The highest BCUT2D eigenvalue weighted by Crippen LogP contribution is 2.12. The number of likely N-dealkylation sites (tertiary alicyclic amines) is 1. The van der Waals surface area contributed by atoms with Gasteiger partial charge in [0, 0.05) is 13.0 Å². The van der Waals surface area contributed by atoms with E-state index in [0.29, 0.717) is 6.42 Å². The fraction of sp³-hybridized carbons (Fsp3) is 0.857. The van der Waals surface area contributed by atoms with Gasteiger partial charge in [-0.25, -0.2) is 0 Å². The van der Waals surface area contributed by atoms with E-state index in [4.69, 9.17) is 5.11 Å². The molecule has 1 amide bonds. The fourth-order valence-electron chi connectivity index (χ4n) is 1.23. The van der Waals surface area contributed by atoms with Crippen LogP contribution in [0.3, 0.4) is 0 Å². The molecule has 0 aliphatic carbocycles. The van der Waals surface area contributed by atoms with E-state index in [1.54, 1.807) is 4.90 Å². The largest absolute Gasteiger partial charge is 0.394 e. The average molecular weight is 143 g/mol. The van der Waals surface area contributed by atoms with Crippen molar-refractivity contribution < 1.29 is 9.90 Å². The molecule has 0 aromatic heterocycles. The molecule has 0 unspecified atom stereocenters. The lowest BCUT2D eigenvalue weighted by molar-refractivity contribution is -0.130. The first kappa shape index (κ1) is 7.54. The summed E-state index contributed by atoms with van der Waals surface area (Å²) in [4.78, 5) is 12.7. The maximum atomic E-state index is 11.0. The van der Waals surface area contributed by atoms with Crippen LogP contribution in [0.4, 0.5) is 0 Å². The third kappa shape index (κ3) is 1.29. The summed E-state index contributed by atoms with van der Waals surface area (Å²) in [7, 11) is 0. The van der Waals surface area contributed by atoms with Gasteiger partial charge in [0.25, 0.3) is 0 Å². The Labute approximate surface area is 60.6 Å². The first-order valence-electron chi connectivity index (χ1n) is 3.66. The van der Waals surface area contributed by atoms with Crippen LogP contribution in [-0.4, -0.2) is 35.1 Å². The van der Waals surface area contributed by atoms with E-state index in [1.807, 2.05) is 6.92 Å². The molecule has 0 radical (unpaired) electrons. The summed E-state index contributed by atoms with van der Waals surface area (Å²) in [6.45, 7) is 2.76. The Kier molecular flexibility index (Phi) is 2.27. The lowest BCUT2D eigenvalue weighted by atomic mass is 10.3. The van der Waals surface area contributed by atoms with Crippen LogP contribution in [0.25, 0.3) is 0 Å². The molecule has 1 aliphatic rings. The molecular weight excluding hydrogens is 130 g/mol. The number of rotatable bonds is 2. The van der Waals surface area contributed by atoms with Gasteiger partial charge in [0.15, 0.2) is 0 Å². The molecule has 1 saturated heterocycles. The number of hydrogen-bond donors (Lipinski definition) is 1. The van der Waals surface area contributed by atoms with E-state index in [9.17, 15) is 4.79 Å². The van der Waals surface area contributed by atoms with Gasteiger partial charge in [0.2, 0.25) is 5.91 Å². The number of amides is 1. The minimum Gasteiger partial charge on any atom is -0.394 e. The molecule has 1 fully saturated rings. The van der Waals surface area contributed by atoms with Gasteiger partial charge in [-0.3, -0.25) is 4.79 Å². The first-order valence-corrected chi connectivity index (χ1v) is 3.66. The van der Waals surface area contributed by atoms with Crippen molar-refractivity contribution in [3.8, 4) is 0 Å². The predicted molar refractivity (Wildman–Crippen MR) is 37.5 cm³/mol. The number of aliphatic hydroxyl groups is 1. The van der Waals surface area contributed by atoms with Crippen molar-refractivity contribution >= 4 is 5.91 Å². The summed E-state index contributed by atoms with van der Waals surface area (Å²) in [5.74, 6) is 0.182. The Bertz CT molecular complexity index is 136. The maximum absolute atomic E-state index is 11.0. The highest BCUT2D eigenvalue weighted by Gasteiger charge is 2.23. The quantitative estimate of drug-likeness (QED) is 0.590. The second-order valence-corrected chi connectivity index (χ2v) is 2.72. The van der Waals surface area contributed by atoms with Crippen molar-refractivity contribution in [2.45, 2.75) is 25.8 Å². The van der Waals surface area contributed by atoms with Crippen molar-refractivity contribution in [2.24, 2.45) is 0 Å². The van der Waals surface area contributed by atoms with Gasteiger partial charge in [-0.15, -0.1) is 0 Å². The minimum atomic E-state index is 0.00926. The van der Waals surface area contributed by atoms with Crippen molar-refractivity contribution in [1.82, 2.24) is 4.90 Å². The Morgan fingerprint density at radius 3 is 2.90 bits per heavy atom. The van der Waals surface area contributed by atoms with Crippen molar-refractivity contribution in [3.05, 3.63) is 0 Å². The molecule has 1 aliphatic heterocycles. The molecule has 0 spiro atoms. The summed E-state index contributed by atoms with van der Waals surface area (Å²) in [6.07, 6.45) is 1.60. The Morgan fingerprint density at radius 1 is 1.80 bits per heavy atom. The third-order valence-corrected chi connectivity index (χ3v) is 1.91. The zero-order valence-corrected chi connectivity index (χ0v) is 6.21. The molecule has 1 atom stereocenters. The van der Waals surface area contributed by atoms with Gasteiger partial charge in [-0.05, 0) is 13.3 Å². The molecule has 0 aromatic rings. The predicted octanol–water partition coefficient (Wildman–Crippen LogP) is -0.0104. The SMILES string of the molecule is C[C@H](CO)N1CCCC1=O. The lowest BCUT2D eigenvalue weighted by Crippen LogP contribution is -2.36. The van der Waals surface area contributed by atoms with Crippen LogP contribution in [0.1, 0.15) is 19.8 Å². The summed E-state index contributed by atoms with van der Waals surface area (Å²) >= 11 is 0. The zero-order chi connectivity index (χ0) is 7.56. The standard InChI is InChI=1S/C7H13NO2/c1-6(5-9)8-4-2-3-7(8)10/h6,9H,2-5H2,1H3/t6-/m1/s1. The van der Waals surface area contributed by atoms with Crippen molar-refractivity contribution in [2.75, 3.05) is 13.2 Å². The van der Waals surface area contributed by atoms with Crippen LogP contribution in [-0.2, 0) is 4.79 Å².